The third-order valence-electron chi connectivity index (χ3n) is 3.22. The molecule has 0 aliphatic heterocycles. The van der Waals surface area contributed by atoms with Gasteiger partial charge in [0.2, 0.25) is 10.0 Å². The van der Waals surface area contributed by atoms with Gasteiger partial charge in [0.15, 0.2) is 0 Å². The van der Waals surface area contributed by atoms with Crippen molar-refractivity contribution in [1.82, 2.24) is 4.72 Å². The molecule has 0 aromatic rings. The topological polar surface area (TPSA) is 72.2 Å². The third-order valence-corrected chi connectivity index (χ3v) is 5.46. The van der Waals surface area contributed by atoms with Gasteiger partial charge < -0.3 is 5.73 Å². The monoisotopic (exact) mass is 250 g/mol. The molecule has 15 heavy (non-hydrogen) atoms. The zero-order valence-corrected chi connectivity index (χ0v) is 10.7. The molecule has 6 heteroatoms. The van der Waals surface area contributed by atoms with Crippen molar-refractivity contribution in [3.8, 4) is 0 Å². The normalized spacial score (nSPS) is 20.9. The Hall–Kier alpha value is -0.200. The first kappa shape index (κ1) is 12.9. The van der Waals surface area contributed by atoms with Crippen LogP contribution in [-0.2, 0) is 10.0 Å². The van der Waals surface area contributed by atoms with Crippen LogP contribution in [0.3, 0.4) is 0 Å². The Bertz CT molecular complexity index is 347. The summed E-state index contributed by atoms with van der Waals surface area (Å²) < 4.78 is 26.0. The van der Waals surface area contributed by atoms with E-state index in [9.17, 15) is 8.42 Å². The van der Waals surface area contributed by atoms with E-state index in [1.165, 1.54) is 6.92 Å². The minimum absolute atomic E-state index is 0.0174. The van der Waals surface area contributed by atoms with Crippen LogP contribution < -0.4 is 10.5 Å². The van der Waals surface area contributed by atoms with Gasteiger partial charge in [-0.1, -0.05) is 19.1 Å². The lowest BCUT2D eigenvalue weighted by molar-refractivity contribution is 0.475. The first-order valence-corrected chi connectivity index (χ1v) is 7.06. The number of rotatable bonds is 6. The van der Waals surface area contributed by atoms with Gasteiger partial charge in [-0.3, -0.25) is 0 Å². The Balaban J connectivity index is 2.54. The first-order valence-electron chi connectivity index (χ1n) is 5.11. The zero-order chi connectivity index (χ0) is 11.7. The maximum Gasteiger partial charge on any atom is 0.220 e. The molecule has 1 aliphatic rings. The predicted octanol–water partition coefficient (Wildman–Crippen LogP) is 0.771. The van der Waals surface area contributed by atoms with Crippen LogP contribution in [0.4, 0.5) is 0 Å². The average Bonchev–Trinajstić information content (AvgIpc) is 2.94. The van der Waals surface area contributed by atoms with Crippen LogP contribution in [0.2, 0.25) is 0 Å². The lowest BCUT2D eigenvalue weighted by Crippen LogP contribution is -2.42. The molecule has 0 radical (unpaired) electrons. The fourth-order valence-corrected chi connectivity index (χ4v) is 2.81. The molecule has 0 bridgehead atoms. The fraction of sp³-hybridized carbons (Fsp3) is 0.889. The van der Waals surface area contributed by atoms with Crippen molar-refractivity contribution in [3.05, 3.63) is 0 Å². The maximum atomic E-state index is 11.7. The van der Waals surface area contributed by atoms with Crippen LogP contribution in [0, 0.1) is 5.41 Å². The van der Waals surface area contributed by atoms with Crippen molar-refractivity contribution >= 4 is 27.2 Å². The number of nitrogens with one attached hydrogen (secondary N) is 1. The van der Waals surface area contributed by atoms with Gasteiger partial charge in [0.1, 0.15) is 5.25 Å². The van der Waals surface area contributed by atoms with Crippen molar-refractivity contribution in [2.75, 3.05) is 6.54 Å². The summed E-state index contributed by atoms with van der Waals surface area (Å²) in [5, 5.41) is -0.792. The summed E-state index contributed by atoms with van der Waals surface area (Å²) in [5.74, 6) is 0. The molecule has 1 unspecified atom stereocenters. The number of thiocarbonyl (C=S) groups is 1. The van der Waals surface area contributed by atoms with E-state index in [-0.39, 0.29) is 10.4 Å². The third kappa shape index (κ3) is 3.12. The Morgan fingerprint density at radius 2 is 2.13 bits per heavy atom. The van der Waals surface area contributed by atoms with Crippen LogP contribution in [0.5, 0.6) is 0 Å². The van der Waals surface area contributed by atoms with Gasteiger partial charge in [0, 0.05) is 6.54 Å². The summed E-state index contributed by atoms with van der Waals surface area (Å²) in [7, 11) is -3.38. The lowest BCUT2D eigenvalue weighted by Gasteiger charge is -2.16. The van der Waals surface area contributed by atoms with Gasteiger partial charge >= 0.3 is 0 Å². The van der Waals surface area contributed by atoms with E-state index in [1.54, 1.807) is 0 Å². The van der Waals surface area contributed by atoms with Crippen molar-refractivity contribution in [2.24, 2.45) is 11.1 Å². The average molecular weight is 250 g/mol. The van der Waals surface area contributed by atoms with Gasteiger partial charge in [-0.05, 0) is 31.6 Å². The molecule has 0 heterocycles. The van der Waals surface area contributed by atoms with Crippen molar-refractivity contribution < 1.29 is 8.42 Å². The molecule has 4 nitrogen and oxygen atoms in total. The minimum Gasteiger partial charge on any atom is -0.392 e. The summed E-state index contributed by atoms with van der Waals surface area (Å²) in [6.07, 6.45) is 3.22. The highest BCUT2D eigenvalue weighted by Crippen LogP contribution is 2.47. The molecule has 3 N–H and O–H groups in total. The van der Waals surface area contributed by atoms with E-state index in [4.69, 9.17) is 5.73 Å². The second-order valence-corrected chi connectivity index (χ2v) is 6.82. The van der Waals surface area contributed by atoms with Crippen molar-refractivity contribution in [1.29, 1.82) is 0 Å². The van der Waals surface area contributed by atoms with Gasteiger partial charge in [-0.25, -0.2) is 13.1 Å². The van der Waals surface area contributed by atoms with Crippen LogP contribution in [0.15, 0.2) is 0 Å². The highest BCUT2D eigenvalue weighted by molar-refractivity contribution is 7.93. The molecule has 0 saturated heterocycles. The quantitative estimate of drug-likeness (QED) is 0.683. The molecule has 1 saturated carbocycles. The minimum atomic E-state index is -3.38. The zero-order valence-electron chi connectivity index (χ0n) is 9.12. The fourth-order valence-electron chi connectivity index (χ4n) is 1.36. The van der Waals surface area contributed by atoms with E-state index < -0.39 is 15.3 Å². The summed E-state index contributed by atoms with van der Waals surface area (Å²) in [4.78, 5) is 0.0174. The summed E-state index contributed by atoms with van der Waals surface area (Å²) in [5.41, 5.74) is 5.52. The molecule has 0 aromatic heterocycles. The summed E-state index contributed by atoms with van der Waals surface area (Å²) in [6, 6.07) is 0. The van der Waals surface area contributed by atoms with Gasteiger partial charge in [0.05, 0.1) is 4.99 Å². The van der Waals surface area contributed by atoms with Crippen LogP contribution >= 0.6 is 12.2 Å². The van der Waals surface area contributed by atoms with Crippen molar-refractivity contribution in [3.63, 3.8) is 0 Å². The highest BCUT2D eigenvalue weighted by atomic mass is 32.2. The number of nitrogens with two attached hydrogens (primary N) is 1. The predicted molar refractivity (Wildman–Crippen MR) is 65.1 cm³/mol. The standard InChI is InChI=1S/C9H18N2O2S2/c1-3-9(4-5-9)6-11-15(12,13)7(2)8(10)14/h7,11H,3-6H2,1-2H3,(H2,10,14). The molecular weight excluding hydrogens is 232 g/mol. The Morgan fingerprint density at radius 1 is 1.60 bits per heavy atom. The Labute approximate surface area is 96.7 Å². The Morgan fingerprint density at radius 3 is 2.47 bits per heavy atom. The number of hydrogen-bond donors (Lipinski definition) is 2. The molecule has 88 valence electrons. The second-order valence-electron chi connectivity index (χ2n) is 4.26. The SMILES string of the molecule is CCC1(CNS(=O)(=O)C(C)C(N)=S)CC1. The molecule has 1 aliphatic carbocycles. The highest BCUT2D eigenvalue weighted by Gasteiger charge is 2.41. The van der Waals surface area contributed by atoms with Gasteiger partial charge in [0.25, 0.3) is 0 Å². The Kier molecular flexibility index (Phi) is 3.73. The van der Waals surface area contributed by atoms with Crippen LogP contribution in [-0.4, -0.2) is 25.2 Å². The molecule has 1 atom stereocenters. The van der Waals surface area contributed by atoms with E-state index in [1.807, 2.05) is 0 Å². The number of hydrogen-bond acceptors (Lipinski definition) is 3. The van der Waals surface area contributed by atoms with Crippen molar-refractivity contribution in [2.45, 2.75) is 38.4 Å². The molecular formula is C9H18N2O2S2. The first-order chi connectivity index (χ1) is 6.83. The molecule has 1 rings (SSSR count). The smallest absolute Gasteiger partial charge is 0.220 e. The molecule has 1 fully saturated rings. The molecule has 0 aromatic carbocycles. The lowest BCUT2D eigenvalue weighted by atomic mass is 10.1. The molecule has 0 spiro atoms. The van der Waals surface area contributed by atoms with E-state index in [0.717, 1.165) is 19.3 Å². The maximum absolute atomic E-state index is 11.7. The van der Waals surface area contributed by atoms with E-state index in [2.05, 4.69) is 23.9 Å². The van der Waals surface area contributed by atoms with Crippen LogP contribution in [0.25, 0.3) is 0 Å². The summed E-state index contributed by atoms with van der Waals surface area (Å²) >= 11 is 4.68. The molecule has 0 amide bonds. The number of sulfonamides is 1. The van der Waals surface area contributed by atoms with Crippen LogP contribution in [0.1, 0.15) is 33.1 Å². The summed E-state index contributed by atoms with van der Waals surface area (Å²) in [6.45, 7) is 4.10. The second kappa shape index (κ2) is 4.35. The largest absolute Gasteiger partial charge is 0.392 e. The van der Waals surface area contributed by atoms with Gasteiger partial charge in [-0.15, -0.1) is 0 Å². The van der Waals surface area contributed by atoms with Gasteiger partial charge in [-0.2, -0.15) is 0 Å². The van der Waals surface area contributed by atoms with E-state index in [0.29, 0.717) is 6.54 Å². The van der Waals surface area contributed by atoms with E-state index >= 15 is 0 Å².